The number of rotatable bonds is 5. The highest BCUT2D eigenvalue weighted by Crippen LogP contribution is 2.28. The molecule has 2 aromatic carbocycles. The molecule has 4 rings (SSSR count). The van der Waals surface area contributed by atoms with Gasteiger partial charge in [0.1, 0.15) is 0 Å². The van der Waals surface area contributed by atoms with Crippen LogP contribution in [-0.2, 0) is 11.2 Å². The standard InChI is InChI=1S/C21H19BrN4O2S/c1-21(2,3)15-8-4-13(5-9-15)18-24-23-17(27-18)12-29-20-26-25-19(28-20)14-6-10-16(22)11-7-14/h4-11H,12H2,1-3H3. The Hall–Kier alpha value is -2.45. The van der Waals surface area contributed by atoms with Crippen LogP contribution in [0.5, 0.6) is 0 Å². The quantitative estimate of drug-likeness (QED) is 0.324. The van der Waals surface area contributed by atoms with Crippen molar-refractivity contribution in [3.63, 3.8) is 0 Å². The van der Waals surface area contributed by atoms with Crippen LogP contribution in [0.1, 0.15) is 32.2 Å². The summed E-state index contributed by atoms with van der Waals surface area (Å²) in [5, 5.41) is 16.9. The molecule has 0 radical (unpaired) electrons. The van der Waals surface area contributed by atoms with Crippen molar-refractivity contribution in [2.45, 2.75) is 37.2 Å². The van der Waals surface area contributed by atoms with Gasteiger partial charge in [0.25, 0.3) is 5.22 Å². The van der Waals surface area contributed by atoms with E-state index < -0.39 is 0 Å². The Balaban J connectivity index is 1.40. The molecule has 0 fully saturated rings. The fourth-order valence-corrected chi connectivity index (χ4v) is 3.51. The van der Waals surface area contributed by atoms with Crippen LogP contribution < -0.4 is 0 Å². The van der Waals surface area contributed by atoms with E-state index in [1.165, 1.54) is 17.3 Å². The Morgan fingerprint density at radius 1 is 0.793 bits per heavy atom. The minimum absolute atomic E-state index is 0.106. The minimum atomic E-state index is 0.106. The van der Waals surface area contributed by atoms with Gasteiger partial charge in [-0.25, -0.2) is 0 Å². The molecule has 29 heavy (non-hydrogen) atoms. The van der Waals surface area contributed by atoms with Crippen molar-refractivity contribution in [2.75, 3.05) is 0 Å². The number of halogens is 1. The van der Waals surface area contributed by atoms with Gasteiger partial charge in [0.15, 0.2) is 0 Å². The molecule has 0 aliphatic heterocycles. The van der Waals surface area contributed by atoms with E-state index in [9.17, 15) is 0 Å². The number of hydrogen-bond acceptors (Lipinski definition) is 7. The molecule has 0 amide bonds. The van der Waals surface area contributed by atoms with Gasteiger partial charge in [0, 0.05) is 15.6 Å². The zero-order valence-electron chi connectivity index (χ0n) is 16.2. The van der Waals surface area contributed by atoms with Crippen molar-refractivity contribution >= 4 is 27.7 Å². The molecule has 0 atom stereocenters. The van der Waals surface area contributed by atoms with Crippen LogP contribution in [0.4, 0.5) is 0 Å². The summed E-state index contributed by atoms with van der Waals surface area (Å²) in [6.07, 6.45) is 0. The molecule has 0 saturated carbocycles. The summed E-state index contributed by atoms with van der Waals surface area (Å²) in [5.41, 5.74) is 3.13. The average Bonchev–Trinajstić information content (AvgIpc) is 3.36. The summed E-state index contributed by atoms with van der Waals surface area (Å²) < 4.78 is 12.5. The first-order valence-electron chi connectivity index (χ1n) is 9.04. The van der Waals surface area contributed by atoms with Crippen LogP contribution in [0, 0.1) is 0 Å². The van der Waals surface area contributed by atoms with Gasteiger partial charge < -0.3 is 8.83 Å². The Kier molecular flexibility index (Phi) is 5.56. The van der Waals surface area contributed by atoms with Gasteiger partial charge >= 0.3 is 0 Å². The summed E-state index contributed by atoms with van der Waals surface area (Å²) in [7, 11) is 0. The molecule has 0 aliphatic rings. The zero-order chi connectivity index (χ0) is 20.4. The lowest BCUT2D eigenvalue weighted by molar-refractivity contribution is 0.464. The van der Waals surface area contributed by atoms with Crippen molar-refractivity contribution in [3.05, 3.63) is 64.5 Å². The third-order valence-corrected chi connectivity index (χ3v) is 5.61. The SMILES string of the molecule is CC(C)(C)c1ccc(-c2nnc(CSc3nnc(-c4ccc(Br)cc4)o3)o2)cc1. The van der Waals surface area contributed by atoms with Crippen LogP contribution >= 0.6 is 27.7 Å². The molecule has 0 aliphatic carbocycles. The van der Waals surface area contributed by atoms with Gasteiger partial charge in [0.2, 0.25) is 17.7 Å². The predicted molar refractivity (Wildman–Crippen MR) is 115 cm³/mol. The fraction of sp³-hybridized carbons (Fsp3) is 0.238. The second-order valence-electron chi connectivity index (χ2n) is 7.50. The molecule has 4 aromatic rings. The lowest BCUT2D eigenvalue weighted by Crippen LogP contribution is -2.10. The maximum absolute atomic E-state index is 5.78. The van der Waals surface area contributed by atoms with Crippen LogP contribution in [0.15, 0.2) is 67.1 Å². The van der Waals surface area contributed by atoms with E-state index in [4.69, 9.17) is 8.83 Å². The number of hydrogen-bond donors (Lipinski definition) is 0. The molecule has 0 spiro atoms. The monoisotopic (exact) mass is 470 g/mol. The molecule has 148 valence electrons. The summed E-state index contributed by atoms with van der Waals surface area (Å²) in [6.45, 7) is 6.55. The molecule has 6 nitrogen and oxygen atoms in total. The largest absolute Gasteiger partial charge is 0.420 e. The van der Waals surface area contributed by atoms with E-state index in [1.54, 1.807) is 0 Å². The molecule has 0 unspecified atom stereocenters. The predicted octanol–water partition coefficient (Wildman–Crippen LogP) is 6.14. The Morgan fingerprint density at radius 2 is 1.38 bits per heavy atom. The van der Waals surface area contributed by atoms with E-state index in [0.29, 0.717) is 28.6 Å². The molecule has 2 heterocycles. The first kappa shape index (κ1) is 19.8. The van der Waals surface area contributed by atoms with Gasteiger partial charge in [-0.15, -0.1) is 20.4 Å². The Labute approximate surface area is 181 Å². The molecule has 8 heteroatoms. The van der Waals surface area contributed by atoms with Gasteiger partial charge in [-0.3, -0.25) is 0 Å². The van der Waals surface area contributed by atoms with Gasteiger partial charge in [-0.2, -0.15) is 0 Å². The van der Waals surface area contributed by atoms with Crippen LogP contribution in [0.2, 0.25) is 0 Å². The third-order valence-electron chi connectivity index (χ3n) is 4.28. The van der Waals surface area contributed by atoms with E-state index in [1.807, 2.05) is 36.4 Å². The average molecular weight is 471 g/mol. The maximum atomic E-state index is 5.78. The highest BCUT2D eigenvalue weighted by atomic mass is 79.9. The Bertz CT molecular complexity index is 1100. The highest BCUT2D eigenvalue weighted by Gasteiger charge is 2.16. The summed E-state index contributed by atoms with van der Waals surface area (Å²) in [5.74, 6) is 1.94. The molecular formula is C21H19BrN4O2S. The van der Waals surface area contributed by atoms with Crippen molar-refractivity contribution < 1.29 is 8.83 Å². The van der Waals surface area contributed by atoms with Crippen LogP contribution in [0.25, 0.3) is 22.9 Å². The van der Waals surface area contributed by atoms with E-state index >= 15 is 0 Å². The number of thioether (sulfide) groups is 1. The normalized spacial score (nSPS) is 11.7. The molecule has 0 N–H and O–H groups in total. The van der Waals surface area contributed by atoms with E-state index in [-0.39, 0.29) is 5.41 Å². The van der Waals surface area contributed by atoms with Crippen molar-refractivity contribution in [3.8, 4) is 22.9 Å². The molecular weight excluding hydrogens is 452 g/mol. The lowest BCUT2D eigenvalue weighted by atomic mass is 9.87. The number of aromatic nitrogens is 4. The molecule has 0 saturated heterocycles. The first-order chi connectivity index (χ1) is 13.9. The van der Waals surface area contributed by atoms with Gasteiger partial charge in [-0.05, 0) is 47.4 Å². The van der Waals surface area contributed by atoms with Crippen LogP contribution in [-0.4, -0.2) is 20.4 Å². The molecule has 2 aromatic heterocycles. The smallest absolute Gasteiger partial charge is 0.277 e. The second kappa shape index (κ2) is 8.12. The summed E-state index contributed by atoms with van der Waals surface area (Å²) in [6, 6.07) is 15.9. The van der Waals surface area contributed by atoms with Crippen molar-refractivity contribution in [1.29, 1.82) is 0 Å². The van der Waals surface area contributed by atoms with Gasteiger partial charge in [-0.1, -0.05) is 60.6 Å². The topological polar surface area (TPSA) is 77.8 Å². The second-order valence-corrected chi connectivity index (χ2v) is 9.34. The number of benzene rings is 2. The Morgan fingerprint density at radius 3 is 2.03 bits per heavy atom. The van der Waals surface area contributed by atoms with Gasteiger partial charge in [0.05, 0.1) is 5.75 Å². The van der Waals surface area contributed by atoms with Crippen molar-refractivity contribution in [1.82, 2.24) is 20.4 Å². The first-order valence-corrected chi connectivity index (χ1v) is 10.8. The minimum Gasteiger partial charge on any atom is -0.420 e. The summed E-state index contributed by atoms with van der Waals surface area (Å²) in [4.78, 5) is 0. The highest BCUT2D eigenvalue weighted by molar-refractivity contribution is 9.10. The van der Waals surface area contributed by atoms with Crippen LogP contribution in [0.3, 0.4) is 0 Å². The third kappa shape index (κ3) is 4.76. The lowest BCUT2D eigenvalue weighted by Gasteiger charge is -2.18. The zero-order valence-corrected chi connectivity index (χ0v) is 18.6. The number of nitrogens with zero attached hydrogens (tertiary/aromatic N) is 4. The van der Waals surface area contributed by atoms with E-state index in [2.05, 4.69) is 69.2 Å². The summed E-state index contributed by atoms with van der Waals surface area (Å²) >= 11 is 4.77. The van der Waals surface area contributed by atoms with Crippen molar-refractivity contribution in [2.24, 2.45) is 0 Å². The maximum Gasteiger partial charge on any atom is 0.277 e. The molecule has 0 bridgehead atoms. The fourth-order valence-electron chi connectivity index (χ4n) is 2.64. The van der Waals surface area contributed by atoms with E-state index in [0.717, 1.165) is 15.6 Å².